The zero-order valence-electron chi connectivity index (χ0n) is 20.2. The molecule has 0 saturated carbocycles. The van der Waals surface area contributed by atoms with Crippen LogP contribution in [-0.4, -0.2) is 29.7 Å². The lowest BCUT2D eigenvalue weighted by molar-refractivity contribution is 0.194. The monoisotopic (exact) mass is 467 g/mol. The van der Waals surface area contributed by atoms with Crippen molar-refractivity contribution in [2.45, 2.75) is 25.9 Å². The van der Waals surface area contributed by atoms with Crippen molar-refractivity contribution >= 4 is 11.7 Å². The smallest absolute Gasteiger partial charge is 0.322 e. The Labute approximate surface area is 205 Å². The van der Waals surface area contributed by atoms with E-state index in [4.69, 9.17) is 9.47 Å². The average molecular weight is 468 g/mol. The molecule has 0 bridgehead atoms. The Morgan fingerprint density at radius 2 is 1.71 bits per heavy atom. The molecule has 6 heteroatoms. The maximum atomic E-state index is 13.9. The molecule has 1 aliphatic heterocycles. The van der Waals surface area contributed by atoms with Gasteiger partial charge in [-0.3, -0.25) is 0 Å². The highest BCUT2D eigenvalue weighted by atomic mass is 16.5. The molecule has 6 nitrogen and oxygen atoms in total. The van der Waals surface area contributed by atoms with Crippen LogP contribution in [0, 0.1) is 0 Å². The van der Waals surface area contributed by atoms with Crippen molar-refractivity contribution in [2.24, 2.45) is 0 Å². The van der Waals surface area contributed by atoms with Crippen molar-refractivity contribution in [2.75, 3.05) is 19.5 Å². The predicted octanol–water partition coefficient (Wildman–Crippen LogP) is 6.19. The van der Waals surface area contributed by atoms with E-state index in [2.05, 4.69) is 65.5 Å². The Hall–Kier alpha value is -4.19. The number of hydrogen-bond acceptors (Lipinski definition) is 3. The molecular weight excluding hydrogens is 438 g/mol. The lowest BCUT2D eigenvalue weighted by Crippen LogP contribution is -2.37. The SMILES string of the molecule is CCc1ccc(C2c3cccn3-c3ccccc3CN2C(=O)Nc2ccc(OC)c(OC)c2)cc1. The maximum Gasteiger partial charge on any atom is 0.322 e. The molecule has 4 aromatic rings. The number of aryl methyl sites for hydroxylation is 1. The Morgan fingerprint density at radius 1 is 0.943 bits per heavy atom. The van der Waals surface area contributed by atoms with Gasteiger partial charge in [0.1, 0.15) is 0 Å². The Bertz CT molecular complexity index is 1340. The van der Waals surface area contributed by atoms with Gasteiger partial charge in [-0.1, -0.05) is 49.4 Å². The molecule has 35 heavy (non-hydrogen) atoms. The first-order chi connectivity index (χ1) is 17.1. The molecule has 0 fully saturated rings. The van der Waals surface area contributed by atoms with Crippen LogP contribution in [0.2, 0.25) is 0 Å². The molecule has 3 aromatic carbocycles. The fourth-order valence-corrected chi connectivity index (χ4v) is 4.74. The summed E-state index contributed by atoms with van der Waals surface area (Å²) < 4.78 is 13.0. The van der Waals surface area contributed by atoms with Crippen molar-refractivity contribution < 1.29 is 14.3 Å². The van der Waals surface area contributed by atoms with Gasteiger partial charge in [0.2, 0.25) is 0 Å². The highest BCUT2D eigenvalue weighted by molar-refractivity contribution is 5.90. The molecule has 0 saturated heterocycles. The minimum absolute atomic E-state index is 0.189. The van der Waals surface area contributed by atoms with Gasteiger partial charge in [-0.15, -0.1) is 0 Å². The quantitative estimate of drug-likeness (QED) is 0.381. The molecule has 178 valence electrons. The van der Waals surface area contributed by atoms with E-state index in [9.17, 15) is 4.79 Å². The highest BCUT2D eigenvalue weighted by Crippen LogP contribution is 2.37. The van der Waals surface area contributed by atoms with Gasteiger partial charge in [0.15, 0.2) is 11.5 Å². The second kappa shape index (κ2) is 9.58. The molecule has 1 aliphatic rings. The number of fused-ring (bicyclic) bond motifs is 3. The zero-order chi connectivity index (χ0) is 24.4. The van der Waals surface area contributed by atoms with Gasteiger partial charge < -0.3 is 24.3 Å². The Balaban J connectivity index is 1.58. The second-order valence-electron chi connectivity index (χ2n) is 8.56. The fourth-order valence-electron chi connectivity index (χ4n) is 4.74. The number of methoxy groups -OCH3 is 2. The maximum absolute atomic E-state index is 13.9. The van der Waals surface area contributed by atoms with E-state index in [1.807, 2.05) is 29.2 Å². The van der Waals surface area contributed by atoms with Crippen LogP contribution < -0.4 is 14.8 Å². The molecule has 1 aromatic heterocycles. The molecule has 5 rings (SSSR count). The summed E-state index contributed by atoms with van der Waals surface area (Å²) >= 11 is 0. The Morgan fingerprint density at radius 3 is 2.46 bits per heavy atom. The van der Waals surface area contributed by atoms with Gasteiger partial charge in [-0.05, 0) is 53.4 Å². The predicted molar refractivity (Wildman–Crippen MR) is 138 cm³/mol. The molecule has 2 amide bonds. The molecule has 0 spiro atoms. The summed E-state index contributed by atoms with van der Waals surface area (Å²) in [5, 5.41) is 3.08. The van der Waals surface area contributed by atoms with E-state index in [1.165, 1.54) is 5.56 Å². The summed E-state index contributed by atoms with van der Waals surface area (Å²) in [6.07, 6.45) is 3.04. The number of aromatic nitrogens is 1. The minimum Gasteiger partial charge on any atom is -0.493 e. The fraction of sp³-hybridized carbons (Fsp3) is 0.207. The molecule has 2 heterocycles. The van der Waals surface area contributed by atoms with Crippen LogP contribution in [-0.2, 0) is 13.0 Å². The lowest BCUT2D eigenvalue weighted by atomic mass is 10.00. The number of hydrogen-bond donors (Lipinski definition) is 1. The number of benzene rings is 3. The molecule has 1 atom stereocenters. The number of anilines is 1. The first kappa shape index (κ1) is 22.6. The number of nitrogens with zero attached hydrogens (tertiary/aromatic N) is 2. The topological polar surface area (TPSA) is 55.7 Å². The standard InChI is InChI=1S/C29H29N3O3/c1-4-20-11-13-21(14-12-20)28-25-10-7-17-31(25)24-9-6-5-8-22(24)19-32(28)29(33)30-23-15-16-26(34-2)27(18-23)35-3/h5-18,28H,4,19H2,1-3H3,(H,30,33). The van der Waals surface area contributed by atoms with Gasteiger partial charge in [0.25, 0.3) is 0 Å². The van der Waals surface area contributed by atoms with Crippen LogP contribution in [0.15, 0.2) is 85.1 Å². The van der Waals surface area contributed by atoms with Gasteiger partial charge in [-0.2, -0.15) is 0 Å². The van der Waals surface area contributed by atoms with E-state index >= 15 is 0 Å². The van der Waals surface area contributed by atoms with Crippen molar-refractivity contribution in [1.29, 1.82) is 0 Å². The van der Waals surface area contributed by atoms with Gasteiger partial charge in [0, 0.05) is 23.6 Å². The molecule has 0 aliphatic carbocycles. The third-order valence-electron chi connectivity index (χ3n) is 6.56. The number of nitrogens with one attached hydrogen (secondary N) is 1. The number of urea groups is 1. The van der Waals surface area contributed by atoms with Crippen molar-refractivity contribution in [3.8, 4) is 17.2 Å². The summed E-state index contributed by atoms with van der Waals surface area (Å²) in [6.45, 7) is 2.61. The molecular formula is C29H29N3O3. The summed E-state index contributed by atoms with van der Waals surface area (Å²) in [7, 11) is 3.17. The van der Waals surface area contributed by atoms with Crippen LogP contribution in [0.5, 0.6) is 11.5 Å². The number of carbonyl (C=O) groups excluding carboxylic acids is 1. The van der Waals surface area contributed by atoms with E-state index in [0.29, 0.717) is 23.7 Å². The summed E-state index contributed by atoms with van der Waals surface area (Å²) in [5.41, 5.74) is 6.19. The number of carbonyl (C=O) groups is 1. The Kier molecular flexibility index (Phi) is 6.19. The number of para-hydroxylation sites is 1. The molecule has 0 radical (unpaired) electrons. The van der Waals surface area contributed by atoms with Crippen LogP contribution in [0.4, 0.5) is 10.5 Å². The van der Waals surface area contributed by atoms with E-state index < -0.39 is 0 Å². The van der Waals surface area contributed by atoms with Crippen LogP contribution in [0.1, 0.15) is 35.3 Å². The summed E-state index contributed by atoms with van der Waals surface area (Å²) in [4.78, 5) is 15.8. The van der Waals surface area contributed by atoms with Crippen LogP contribution in [0.3, 0.4) is 0 Å². The number of rotatable bonds is 5. The van der Waals surface area contributed by atoms with Gasteiger partial charge >= 0.3 is 6.03 Å². The summed E-state index contributed by atoms with van der Waals surface area (Å²) in [5.74, 6) is 1.17. The average Bonchev–Trinajstić information content (AvgIpc) is 3.33. The van der Waals surface area contributed by atoms with E-state index in [0.717, 1.165) is 28.9 Å². The lowest BCUT2D eigenvalue weighted by Gasteiger charge is -2.31. The van der Waals surface area contributed by atoms with Crippen molar-refractivity contribution in [3.05, 3.63) is 107 Å². The third kappa shape index (κ3) is 4.23. The van der Waals surface area contributed by atoms with Gasteiger partial charge in [-0.25, -0.2) is 4.79 Å². The largest absolute Gasteiger partial charge is 0.493 e. The number of ether oxygens (including phenoxy) is 2. The minimum atomic E-state index is -0.261. The highest BCUT2D eigenvalue weighted by Gasteiger charge is 2.33. The molecule has 1 unspecified atom stereocenters. The van der Waals surface area contributed by atoms with Crippen molar-refractivity contribution in [3.63, 3.8) is 0 Å². The van der Waals surface area contributed by atoms with Gasteiger partial charge in [0.05, 0.1) is 32.5 Å². The first-order valence-electron chi connectivity index (χ1n) is 11.8. The van der Waals surface area contributed by atoms with Crippen molar-refractivity contribution in [1.82, 2.24) is 9.47 Å². The van der Waals surface area contributed by atoms with Crippen LogP contribution in [0.25, 0.3) is 5.69 Å². The summed E-state index contributed by atoms with van der Waals surface area (Å²) in [6, 6.07) is 25.9. The first-order valence-corrected chi connectivity index (χ1v) is 11.8. The zero-order valence-corrected chi connectivity index (χ0v) is 20.2. The normalized spacial score (nSPS) is 14.5. The molecule has 1 N–H and O–H groups in total. The third-order valence-corrected chi connectivity index (χ3v) is 6.56. The number of amides is 2. The van der Waals surface area contributed by atoms with E-state index in [1.54, 1.807) is 26.4 Å². The van der Waals surface area contributed by atoms with E-state index in [-0.39, 0.29) is 12.1 Å². The van der Waals surface area contributed by atoms with Crippen LogP contribution >= 0.6 is 0 Å². The second-order valence-corrected chi connectivity index (χ2v) is 8.56.